The van der Waals surface area contributed by atoms with E-state index in [9.17, 15) is 14.0 Å². The summed E-state index contributed by atoms with van der Waals surface area (Å²) < 4.78 is 13.6. The minimum absolute atomic E-state index is 0.0260. The van der Waals surface area contributed by atoms with Crippen LogP contribution in [0.15, 0.2) is 18.2 Å². The Labute approximate surface area is 125 Å². The van der Waals surface area contributed by atoms with Gasteiger partial charge in [0.2, 0.25) is 0 Å². The first-order chi connectivity index (χ1) is 9.81. The molecule has 0 unspecified atom stereocenters. The number of carbonyl (C=O) groups is 2. The van der Waals surface area contributed by atoms with Gasteiger partial charge in [-0.15, -0.1) is 0 Å². The second-order valence-corrected chi connectivity index (χ2v) is 4.95. The quantitative estimate of drug-likeness (QED) is 0.725. The van der Waals surface area contributed by atoms with Gasteiger partial charge in [-0.1, -0.05) is 6.92 Å². The average Bonchev–Trinajstić information content (AvgIpc) is 2.46. The first kappa shape index (κ1) is 19.1. The number of hydrogen-bond donors (Lipinski definition) is 3. The fraction of sp³-hybridized carbons (Fsp3) is 0.467. The third-order valence-corrected chi connectivity index (χ3v) is 2.56. The van der Waals surface area contributed by atoms with Crippen molar-refractivity contribution in [3.8, 4) is 0 Å². The molecule has 1 aromatic rings. The van der Waals surface area contributed by atoms with Gasteiger partial charge in [0.1, 0.15) is 12.1 Å². The molecule has 1 amide bonds. The molecule has 0 saturated heterocycles. The minimum Gasteiger partial charge on any atom is -0.373 e. The van der Waals surface area contributed by atoms with E-state index in [1.165, 1.54) is 19.2 Å². The van der Waals surface area contributed by atoms with E-state index in [-0.39, 0.29) is 5.56 Å². The fourth-order valence-corrected chi connectivity index (χ4v) is 1.31. The van der Waals surface area contributed by atoms with Gasteiger partial charge >= 0.3 is 0 Å². The first-order valence-corrected chi connectivity index (χ1v) is 6.72. The number of nitrogens with one attached hydrogen (secondary N) is 3. The SMILES string of the molecule is CCNC.CNC(=O)c1ccc(NC(C)(C)C=O)cc1F. The smallest absolute Gasteiger partial charge is 0.253 e. The highest BCUT2D eigenvalue weighted by Gasteiger charge is 2.17. The molecule has 0 atom stereocenters. The Kier molecular flexibility index (Phi) is 8.23. The molecule has 1 rings (SSSR count). The van der Waals surface area contributed by atoms with Gasteiger partial charge in [-0.2, -0.15) is 0 Å². The molecule has 3 N–H and O–H groups in total. The molecule has 0 bridgehead atoms. The van der Waals surface area contributed by atoms with Crippen LogP contribution in [0.5, 0.6) is 0 Å². The highest BCUT2D eigenvalue weighted by molar-refractivity contribution is 5.94. The summed E-state index contributed by atoms with van der Waals surface area (Å²) in [6.45, 7) is 6.48. The van der Waals surface area contributed by atoms with E-state index in [1.807, 2.05) is 7.05 Å². The van der Waals surface area contributed by atoms with E-state index in [4.69, 9.17) is 0 Å². The van der Waals surface area contributed by atoms with Gasteiger partial charge in [-0.25, -0.2) is 4.39 Å². The molecule has 5 nitrogen and oxygen atoms in total. The van der Waals surface area contributed by atoms with E-state index in [1.54, 1.807) is 19.9 Å². The van der Waals surface area contributed by atoms with Crippen LogP contribution in [0, 0.1) is 5.82 Å². The van der Waals surface area contributed by atoms with Crippen LogP contribution < -0.4 is 16.0 Å². The predicted octanol–water partition coefficient (Wildman–Crippen LogP) is 1.80. The van der Waals surface area contributed by atoms with Crippen LogP contribution in [0.3, 0.4) is 0 Å². The molecular formula is C15H24FN3O2. The van der Waals surface area contributed by atoms with Gasteiger partial charge in [0.25, 0.3) is 5.91 Å². The van der Waals surface area contributed by atoms with Gasteiger partial charge < -0.3 is 20.7 Å². The summed E-state index contributed by atoms with van der Waals surface area (Å²) in [5.74, 6) is -1.11. The highest BCUT2D eigenvalue weighted by Crippen LogP contribution is 2.17. The third kappa shape index (κ3) is 6.85. The van der Waals surface area contributed by atoms with Crippen molar-refractivity contribution in [3.05, 3.63) is 29.6 Å². The van der Waals surface area contributed by atoms with Crippen LogP contribution in [0.1, 0.15) is 31.1 Å². The summed E-state index contributed by atoms with van der Waals surface area (Å²) in [5, 5.41) is 8.13. The molecule has 0 heterocycles. The Balaban J connectivity index is 0.000000885. The zero-order valence-corrected chi connectivity index (χ0v) is 13.2. The van der Waals surface area contributed by atoms with E-state index >= 15 is 0 Å². The molecule has 0 aliphatic carbocycles. The predicted molar refractivity (Wildman–Crippen MR) is 83.2 cm³/mol. The summed E-state index contributed by atoms with van der Waals surface area (Å²) in [6, 6.07) is 4.12. The maximum absolute atomic E-state index is 13.6. The lowest BCUT2D eigenvalue weighted by atomic mass is 10.1. The molecule has 0 radical (unpaired) electrons. The monoisotopic (exact) mass is 297 g/mol. The Morgan fingerprint density at radius 3 is 2.29 bits per heavy atom. The zero-order chi connectivity index (χ0) is 16.5. The van der Waals surface area contributed by atoms with Crippen molar-refractivity contribution < 1.29 is 14.0 Å². The molecule has 0 aromatic heterocycles. The lowest BCUT2D eigenvalue weighted by Crippen LogP contribution is -2.32. The van der Waals surface area contributed by atoms with Crippen LogP contribution in [0.2, 0.25) is 0 Å². The second kappa shape index (κ2) is 9.07. The van der Waals surface area contributed by atoms with Gasteiger partial charge in [-0.05, 0) is 45.6 Å². The van der Waals surface area contributed by atoms with Crippen LogP contribution in [0.25, 0.3) is 0 Å². The summed E-state index contributed by atoms with van der Waals surface area (Å²) >= 11 is 0. The Morgan fingerprint density at radius 1 is 1.33 bits per heavy atom. The molecule has 0 spiro atoms. The number of rotatable bonds is 5. The van der Waals surface area contributed by atoms with Crippen LogP contribution in [-0.4, -0.2) is 38.4 Å². The van der Waals surface area contributed by atoms with Crippen LogP contribution in [0.4, 0.5) is 10.1 Å². The Bertz CT molecular complexity index is 474. The molecule has 0 saturated carbocycles. The van der Waals surface area contributed by atoms with Crippen molar-refractivity contribution in [3.63, 3.8) is 0 Å². The summed E-state index contributed by atoms with van der Waals surface area (Å²) in [5.41, 5.74) is -0.352. The van der Waals surface area contributed by atoms with Crippen molar-refractivity contribution in [2.75, 3.05) is 26.0 Å². The Hall–Kier alpha value is -1.95. The second-order valence-electron chi connectivity index (χ2n) is 4.95. The normalized spacial score (nSPS) is 10.2. The van der Waals surface area contributed by atoms with Crippen LogP contribution in [-0.2, 0) is 4.79 Å². The summed E-state index contributed by atoms with van der Waals surface area (Å²) in [4.78, 5) is 22.0. The lowest BCUT2D eigenvalue weighted by molar-refractivity contribution is -0.110. The maximum Gasteiger partial charge on any atom is 0.253 e. The number of halogens is 1. The number of benzene rings is 1. The lowest BCUT2D eigenvalue weighted by Gasteiger charge is -2.20. The number of aldehydes is 1. The van der Waals surface area contributed by atoms with Crippen molar-refractivity contribution >= 4 is 17.9 Å². The third-order valence-electron chi connectivity index (χ3n) is 2.56. The van der Waals surface area contributed by atoms with Crippen molar-refractivity contribution in [2.24, 2.45) is 0 Å². The fourth-order valence-electron chi connectivity index (χ4n) is 1.31. The molecule has 1 aromatic carbocycles. The molecule has 6 heteroatoms. The molecule has 0 aliphatic heterocycles. The molecule has 0 fully saturated rings. The average molecular weight is 297 g/mol. The maximum atomic E-state index is 13.6. The number of hydrogen-bond acceptors (Lipinski definition) is 4. The van der Waals surface area contributed by atoms with Gasteiger partial charge in [0.15, 0.2) is 0 Å². The molecule has 118 valence electrons. The zero-order valence-electron chi connectivity index (χ0n) is 13.2. The first-order valence-electron chi connectivity index (χ1n) is 6.72. The molecular weight excluding hydrogens is 273 g/mol. The van der Waals surface area contributed by atoms with Crippen molar-refractivity contribution in [2.45, 2.75) is 26.3 Å². The number of amides is 1. The van der Waals surface area contributed by atoms with E-state index in [0.717, 1.165) is 12.8 Å². The molecule has 21 heavy (non-hydrogen) atoms. The van der Waals surface area contributed by atoms with E-state index in [2.05, 4.69) is 22.9 Å². The topological polar surface area (TPSA) is 70.2 Å². The van der Waals surface area contributed by atoms with Gasteiger partial charge in [-0.3, -0.25) is 4.79 Å². The van der Waals surface area contributed by atoms with Crippen LogP contribution >= 0.6 is 0 Å². The number of carbonyl (C=O) groups excluding carboxylic acids is 2. The largest absolute Gasteiger partial charge is 0.373 e. The van der Waals surface area contributed by atoms with Gasteiger partial charge in [0.05, 0.1) is 11.1 Å². The minimum atomic E-state index is -0.777. The number of anilines is 1. The Morgan fingerprint density at radius 2 is 1.90 bits per heavy atom. The summed E-state index contributed by atoms with van der Waals surface area (Å²) in [7, 11) is 3.36. The highest BCUT2D eigenvalue weighted by atomic mass is 19.1. The van der Waals surface area contributed by atoms with E-state index < -0.39 is 17.3 Å². The van der Waals surface area contributed by atoms with Crippen molar-refractivity contribution in [1.29, 1.82) is 0 Å². The summed E-state index contributed by atoms with van der Waals surface area (Å²) in [6.07, 6.45) is 0.734. The molecule has 0 aliphatic rings. The standard InChI is InChI=1S/C12H15FN2O2.C3H9N/c1-12(2,7-16)15-8-4-5-9(10(13)6-8)11(17)14-3;1-3-4-2/h4-7,15H,1-3H3,(H,14,17);4H,3H2,1-2H3. The van der Waals surface area contributed by atoms with Crippen molar-refractivity contribution in [1.82, 2.24) is 10.6 Å². The van der Waals surface area contributed by atoms with Gasteiger partial charge in [0, 0.05) is 12.7 Å². The van der Waals surface area contributed by atoms with E-state index in [0.29, 0.717) is 5.69 Å².